The molecule has 0 bridgehead atoms. The van der Waals surface area contributed by atoms with Crippen LogP contribution in [0.1, 0.15) is 39.7 Å². The van der Waals surface area contributed by atoms with Crippen molar-refractivity contribution in [3.05, 3.63) is 77.9 Å². The molecule has 0 saturated carbocycles. The van der Waals surface area contributed by atoms with Crippen LogP contribution in [-0.2, 0) is 14.8 Å². The molecule has 2 N–H and O–H groups in total. The molecule has 0 aromatic heterocycles. The number of amides is 1. The fourth-order valence-corrected chi connectivity index (χ4v) is 6.12. The summed E-state index contributed by atoms with van der Waals surface area (Å²) in [5.41, 5.74) is -1.24. The normalized spacial score (nSPS) is 15.9. The Morgan fingerprint density at radius 3 is 2.46 bits per heavy atom. The van der Waals surface area contributed by atoms with Crippen molar-refractivity contribution in [3.63, 3.8) is 0 Å². The first-order valence-electron chi connectivity index (χ1n) is 12.5. The predicted molar refractivity (Wildman–Crippen MR) is 145 cm³/mol. The lowest BCUT2D eigenvalue weighted by molar-refractivity contribution is -0.138. The number of nitrogens with one attached hydrogen (secondary N) is 1. The quantitative estimate of drug-likeness (QED) is 0.428. The van der Waals surface area contributed by atoms with Crippen molar-refractivity contribution >= 4 is 21.6 Å². The minimum absolute atomic E-state index is 0.0108. The standard InChI is InChI=1S/C29H32F2N2O5S/c1-18-7-6-8-22(13-18)39(36,37)33-17-21(16-28(2,3)32-27(34)29(4,5)35)38-26-12-9-19(14-25(26)33)23-15-20(30)10-11-24(23)31/h6-15,21,35H,16-17H2,1-5H3,(H,32,34)/t21-/m0/s1. The molecule has 0 unspecified atom stereocenters. The molecule has 1 atom stereocenters. The van der Waals surface area contributed by atoms with Crippen molar-refractivity contribution in [2.45, 2.75) is 63.2 Å². The molecular formula is C29H32F2N2O5S. The Kier molecular flexibility index (Phi) is 7.48. The number of aryl methyl sites for hydroxylation is 1. The van der Waals surface area contributed by atoms with Crippen LogP contribution in [0.2, 0.25) is 0 Å². The monoisotopic (exact) mass is 558 g/mol. The maximum atomic E-state index is 14.6. The van der Waals surface area contributed by atoms with Gasteiger partial charge in [-0.2, -0.15) is 0 Å². The molecule has 1 aliphatic rings. The first kappa shape index (κ1) is 28.5. The van der Waals surface area contributed by atoms with Gasteiger partial charge in [0, 0.05) is 17.5 Å². The summed E-state index contributed by atoms with van der Waals surface area (Å²) < 4.78 is 63.7. The molecule has 10 heteroatoms. The van der Waals surface area contributed by atoms with Crippen LogP contribution in [0.15, 0.2) is 65.6 Å². The molecule has 1 heterocycles. The van der Waals surface area contributed by atoms with Gasteiger partial charge < -0.3 is 15.2 Å². The number of aliphatic hydroxyl groups is 1. The number of carbonyl (C=O) groups excluding carboxylic acids is 1. The highest BCUT2D eigenvalue weighted by atomic mass is 32.2. The van der Waals surface area contributed by atoms with E-state index in [4.69, 9.17) is 4.74 Å². The molecule has 7 nitrogen and oxygen atoms in total. The lowest BCUT2D eigenvalue weighted by Crippen LogP contribution is -2.55. The lowest BCUT2D eigenvalue weighted by Gasteiger charge is -2.39. The first-order valence-corrected chi connectivity index (χ1v) is 13.9. The van der Waals surface area contributed by atoms with Crippen molar-refractivity contribution in [2.75, 3.05) is 10.8 Å². The third-order valence-corrected chi connectivity index (χ3v) is 8.23. The van der Waals surface area contributed by atoms with Gasteiger partial charge in [-0.25, -0.2) is 17.2 Å². The summed E-state index contributed by atoms with van der Waals surface area (Å²) in [6.07, 6.45) is -0.458. The second-order valence-corrected chi connectivity index (χ2v) is 12.9. The van der Waals surface area contributed by atoms with E-state index in [2.05, 4.69) is 5.32 Å². The minimum Gasteiger partial charge on any atom is -0.486 e. The second-order valence-electron chi connectivity index (χ2n) is 11.0. The zero-order chi connectivity index (χ0) is 28.8. The number of anilines is 1. The summed E-state index contributed by atoms with van der Waals surface area (Å²) in [6.45, 7) is 7.95. The van der Waals surface area contributed by atoms with Gasteiger partial charge >= 0.3 is 0 Å². The van der Waals surface area contributed by atoms with E-state index in [1.807, 2.05) is 0 Å². The maximum absolute atomic E-state index is 14.6. The Labute approximate surface area is 227 Å². The number of hydrogen-bond donors (Lipinski definition) is 2. The average Bonchev–Trinajstić information content (AvgIpc) is 2.83. The molecular weight excluding hydrogens is 526 g/mol. The van der Waals surface area contributed by atoms with E-state index in [0.29, 0.717) is 0 Å². The van der Waals surface area contributed by atoms with E-state index >= 15 is 0 Å². The first-order chi connectivity index (χ1) is 18.1. The molecule has 0 radical (unpaired) electrons. The Balaban J connectivity index is 1.77. The molecule has 0 spiro atoms. The fraction of sp³-hybridized carbons (Fsp3) is 0.345. The van der Waals surface area contributed by atoms with E-state index in [-0.39, 0.29) is 40.4 Å². The topological polar surface area (TPSA) is 95.9 Å². The minimum atomic E-state index is -4.09. The van der Waals surface area contributed by atoms with Gasteiger partial charge in [-0.1, -0.05) is 18.2 Å². The van der Waals surface area contributed by atoms with Gasteiger partial charge in [-0.05, 0) is 88.2 Å². The van der Waals surface area contributed by atoms with E-state index in [9.17, 15) is 27.1 Å². The van der Waals surface area contributed by atoms with Crippen LogP contribution in [0.3, 0.4) is 0 Å². The predicted octanol–water partition coefficient (Wildman–Crippen LogP) is 4.95. The number of fused-ring (bicyclic) bond motifs is 1. The third kappa shape index (κ3) is 6.23. The smallest absolute Gasteiger partial charge is 0.264 e. The number of halogens is 2. The largest absolute Gasteiger partial charge is 0.486 e. The van der Waals surface area contributed by atoms with E-state index < -0.39 is 44.8 Å². The number of hydrogen-bond acceptors (Lipinski definition) is 5. The van der Waals surface area contributed by atoms with Gasteiger partial charge in [0.2, 0.25) is 0 Å². The molecule has 0 fully saturated rings. The van der Waals surface area contributed by atoms with Gasteiger partial charge in [0.1, 0.15) is 29.1 Å². The summed E-state index contributed by atoms with van der Waals surface area (Å²) in [5, 5.41) is 12.8. The summed E-state index contributed by atoms with van der Waals surface area (Å²) in [4.78, 5) is 12.5. The van der Waals surface area contributed by atoms with Crippen molar-refractivity contribution in [1.82, 2.24) is 5.32 Å². The van der Waals surface area contributed by atoms with Crippen LogP contribution in [0.5, 0.6) is 5.75 Å². The summed E-state index contributed by atoms with van der Waals surface area (Å²) in [7, 11) is -4.09. The summed E-state index contributed by atoms with van der Waals surface area (Å²) in [6, 6.07) is 14.1. The average molecular weight is 559 g/mol. The zero-order valence-corrected chi connectivity index (χ0v) is 23.3. The van der Waals surface area contributed by atoms with E-state index in [0.717, 1.165) is 23.8 Å². The SMILES string of the molecule is Cc1cccc(S(=O)(=O)N2C[C@H](CC(C)(C)NC(=O)C(C)(C)O)Oc3ccc(-c4cc(F)ccc4F)cc32)c1. The number of benzene rings is 3. The highest BCUT2D eigenvalue weighted by molar-refractivity contribution is 7.92. The second kappa shape index (κ2) is 10.2. The number of carbonyl (C=O) groups is 1. The molecule has 208 valence electrons. The number of ether oxygens (including phenoxy) is 1. The molecule has 39 heavy (non-hydrogen) atoms. The fourth-order valence-electron chi connectivity index (χ4n) is 4.52. The van der Waals surface area contributed by atoms with Crippen LogP contribution < -0.4 is 14.4 Å². The van der Waals surface area contributed by atoms with E-state index in [1.54, 1.807) is 39.0 Å². The van der Waals surface area contributed by atoms with Crippen LogP contribution >= 0.6 is 0 Å². The van der Waals surface area contributed by atoms with Crippen LogP contribution in [0, 0.1) is 18.6 Å². The molecule has 3 aromatic carbocycles. The Hall–Kier alpha value is -3.50. The highest BCUT2D eigenvalue weighted by Crippen LogP contribution is 2.41. The van der Waals surface area contributed by atoms with E-state index in [1.165, 1.54) is 42.4 Å². The lowest BCUT2D eigenvalue weighted by atomic mass is 9.94. The maximum Gasteiger partial charge on any atom is 0.264 e. The molecule has 0 aliphatic carbocycles. The van der Waals surface area contributed by atoms with Crippen molar-refractivity contribution in [1.29, 1.82) is 0 Å². The molecule has 1 amide bonds. The summed E-state index contributed by atoms with van der Waals surface area (Å²) in [5.74, 6) is -1.61. The molecule has 3 aromatic rings. The van der Waals surface area contributed by atoms with Crippen LogP contribution in [-0.4, -0.2) is 43.2 Å². The highest BCUT2D eigenvalue weighted by Gasteiger charge is 2.39. The van der Waals surface area contributed by atoms with Gasteiger partial charge in [0.15, 0.2) is 0 Å². The van der Waals surface area contributed by atoms with Crippen molar-refractivity contribution in [3.8, 4) is 16.9 Å². The molecule has 0 saturated heterocycles. The Morgan fingerprint density at radius 1 is 1.08 bits per heavy atom. The van der Waals surface area contributed by atoms with Gasteiger partial charge in [-0.3, -0.25) is 9.10 Å². The van der Waals surface area contributed by atoms with Gasteiger partial charge in [0.05, 0.1) is 17.1 Å². The Morgan fingerprint density at radius 2 is 1.79 bits per heavy atom. The Bertz CT molecular complexity index is 1520. The number of sulfonamides is 1. The third-order valence-electron chi connectivity index (χ3n) is 6.45. The molecule has 4 rings (SSSR count). The zero-order valence-electron chi connectivity index (χ0n) is 22.5. The summed E-state index contributed by atoms with van der Waals surface area (Å²) >= 11 is 0. The van der Waals surface area contributed by atoms with Gasteiger partial charge in [0.25, 0.3) is 15.9 Å². The van der Waals surface area contributed by atoms with Gasteiger partial charge in [-0.15, -0.1) is 0 Å². The molecule has 1 aliphatic heterocycles. The number of rotatable bonds is 7. The van der Waals surface area contributed by atoms with Crippen molar-refractivity contribution in [2.24, 2.45) is 0 Å². The number of nitrogens with zero attached hydrogens (tertiary/aromatic N) is 1. The van der Waals surface area contributed by atoms with Crippen LogP contribution in [0.4, 0.5) is 14.5 Å². The van der Waals surface area contributed by atoms with Crippen molar-refractivity contribution < 1.29 is 31.8 Å². The van der Waals surface area contributed by atoms with Crippen LogP contribution in [0.25, 0.3) is 11.1 Å².